The van der Waals surface area contributed by atoms with E-state index in [1.165, 1.54) is 41.3 Å². The first-order chi connectivity index (χ1) is 15.0. The molecule has 0 unspecified atom stereocenters. The molecule has 9 heteroatoms. The fourth-order valence-corrected chi connectivity index (χ4v) is 5.99. The molecule has 4 rings (SSSR count). The third kappa shape index (κ3) is 4.71. The lowest BCUT2D eigenvalue weighted by atomic mass is 10.1. The highest BCUT2D eigenvalue weighted by Crippen LogP contribution is 2.34. The Balaban J connectivity index is 1.59. The number of carbonyl (C=O) groups excluding carboxylic acids is 1. The number of benzene rings is 1. The maximum absolute atomic E-state index is 13.3. The van der Waals surface area contributed by atoms with Crippen molar-refractivity contribution >= 4 is 56.5 Å². The van der Waals surface area contributed by atoms with Crippen LogP contribution in [0.4, 0.5) is 10.1 Å². The van der Waals surface area contributed by atoms with Gasteiger partial charge in [0, 0.05) is 17.1 Å². The van der Waals surface area contributed by atoms with Gasteiger partial charge in [-0.05, 0) is 49.4 Å². The molecule has 2 heterocycles. The van der Waals surface area contributed by atoms with E-state index in [2.05, 4.69) is 11.9 Å². The van der Waals surface area contributed by atoms with E-state index < -0.39 is 5.82 Å². The lowest BCUT2D eigenvalue weighted by molar-refractivity contribution is -0.113. The van der Waals surface area contributed by atoms with Crippen molar-refractivity contribution < 1.29 is 9.18 Å². The molecule has 0 atom stereocenters. The first-order valence-electron chi connectivity index (χ1n) is 10.0. The molecule has 1 aromatic carbocycles. The summed E-state index contributed by atoms with van der Waals surface area (Å²) in [5, 5.41) is 3.83. The van der Waals surface area contributed by atoms with E-state index in [0.717, 1.165) is 41.5 Å². The highest BCUT2D eigenvalue weighted by molar-refractivity contribution is 7.99. The van der Waals surface area contributed by atoms with Crippen LogP contribution in [-0.4, -0.2) is 21.2 Å². The number of thiophene rings is 1. The average Bonchev–Trinajstić information content (AvgIpc) is 2.92. The van der Waals surface area contributed by atoms with Crippen molar-refractivity contribution in [2.24, 2.45) is 0 Å². The number of aromatic nitrogens is 2. The maximum atomic E-state index is 13.3. The van der Waals surface area contributed by atoms with Gasteiger partial charge >= 0.3 is 0 Å². The quantitative estimate of drug-likeness (QED) is 0.222. The number of amides is 1. The summed E-state index contributed by atoms with van der Waals surface area (Å²) in [6.45, 7) is 4.08. The molecule has 1 amide bonds. The molecule has 0 fully saturated rings. The van der Waals surface area contributed by atoms with Gasteiger partial charge in [0.15, 0.2) is 5.16 Å². The Morgan fingerprint density at radius 1 is 1.35 bits per heavy atom. The van der Waals surface area contributed by atoms with Gasteiger partial charge in [-0.15, -0.1) is 17.9 Å². The lowest BCUT2D eigenvalue weighted by Crippen LogP contribution is -2.24. The Morgan fingerprint density at radius 3 is 2.94 bits per heavy atom. The zero-order valence-corrected chi connectivity index (χ0v) is 19.1. The minimum absolute atomic E-state index is 0.0508. The molecular formula is C22H21ClFN3O2S2. The number of anilines is 1. The number of nitrogens with one attached hydrogen (secondary N) is 1. The summed E-state index contributed by atoms with van der Waals surface area (Å²) in [5.41, 5.74) is 1.48. The molecule has 0 aliphatic heterocycles. The van der Waals surface area contributed by atoms with Crippen LogP contribution >= 0.6 is 34.7 Å². The van der Waals surface area contributed by atoms with E-state index >= 15 is 0 Å². The van der Waals surface area contributed by atoms with Crippen LogP contribution in [0.5, 0.6) is 0 Å². The monoisotopic (exact) mass is 477 g/mol. The Labute approximate surface area is 192 Å². The van der Waals surface area contributed by atoms with E-state index in [9.17, 15) is 14.0 Å². The molecule has 1 aliphatic carbocycles. The lowest BCUT2D eigenvalue weighted by Gasteiger charge is -2.11. The van der Waals surface area contributed by atoms with Gasteiger partial charge in [0.2, 0.25) is 5.91 Å². The van der Waals surface area contributed by atoms with Crippen LogP contribution in [0.25, 0.3) is 10.2 Å². The predicted octanol–water partition coefficient (Wildman–Crippen LogP) is 5.44. The smallest absolute Gasteiger partial charge is 0.263 e. The second-order valence-electron chi connectivity index (χ2n) is 7.31. The summed E-state index contributed by atoms with van der Waals surface area (Å²) < 4.78 is 14.9. The van der Waals surface area contributed by atoms with Crippen LogP contribution in [0.1, 0.15) is 29.7 Å². The zero-order valence-electron chi connectivity index (χ0n) is 16.7. The second kappa shape index (κ2) is 9.54. The molecule has 0 saturated carbocycles. The number of fused-ring (bicyclic) bond motifs is 3. The van der Waals surface area contributed by atoms with Crippen molar-refractivity contribution in [1.29, 1.82) is 0 Å². The number of hydrogen-bond donors (Lipinski definition) is 1. The summed E-state index contributed by atoms with van der Waals surface area (Å²) in [6.07, 6.45) is 6.96. The fourth-order valence-electron chi connectivity index (χ4n) is 3.70. The van der Waals surface area contributed by atoms with Crippen LogP contribution in [-0.2, 0) is 24.2 Å². The van der Waals surface area contributed by atoms with Crippen molar-refractivity contribution in [3.8, 4) is 0 Å². The third-order valence-electron chi connectivity index (χ3n) is 5.14. The van der Waals surface area contributed by atoms with Crippen molar-refractivity contribution in [1.82, 2.24) is 9.55 Å². The van der Waals surface area contributed by atoms with Crippen molar-refractivity contribution in [2.75, 3.05) is 11.1 Å². The summed E-state index contributed by atoms with van der Waals surface area (Å²) in [6, 6.07) is 4.00. The number of allylic oxidation sites excluding steroid dienone is 1. The number of carbonyl (C=O) groups is 1. The Hall–Kier alpha value is -2.16. The highest BCUT2D eigenvalue weighted by Gasteiger charge is 2.21. The summed E-state index contributed by atoms with van der Waals surface area (Å²) in [7, 11) is 0. The molecule has 2 aromatic heterocycles. The molecule has 31 heavy (non-hydrogen) atoms. The number of aryl methyl sites for hydroxylation is 2. The summed E-state index contributed by atoms with van der Waals surface area (Å²) in [5.74, 6) is -0.793. The molecule has 0 bridgehead atoms. The van der Waals surface area contributed by atoms with E-state index in [1.54, 1.807) is 22.0 Å². The molecule has 0 saturated heterocycles. The maximum Gasteiger partial charge on any atom is 0.263 e. The van der Waals surface area contributed by atoms with Crippen LogP contribution in [0.15, 0.2) is 40.8 Å². The van der Waals surface area contributed by atoms with E-state index in [4.69, 9.17) is 16.6 Å². The first kappa shape index (κ1) is 22.0. The minimum atomic E-state index is -0.547. The molecule has 3 aromatic rings. The molecule has 1 aliphatic rings. The largest absolute Gasteiger partial charge is 0.325 e. The molecule has 5 nitrogen and oxygen atoms in total. The van der Waals surface area contributed by atoms with Gasteiger partial charge in [0.1, 0.15) is 10.6 Å². The normalized spacial score (nSPS) is 13.6. The number of hydrogen-bond acceptors (Lipinski definition) is 5. The number of halogens is 2. The Bertz CT molecular complexity index is 1220. The Kier molecular flexibility index (Phi) is 6.79. The predicted molar refractivity (Wildman–Crippen MR) is 126 cm³/mol. The standard InChI is InChI=1S/C22H21ClFN3O2S2/c1-2-10-27-21(29)19-14-6-4-3-5-7-17(14)31-20(19)26-22(27)30-12-18(28)25-13-8-9-16(24)15(23)11-13/h2,8-9,11H,1,3-7,10,12H2,(H,25,28). The average molecular weight is 478 g/mol. The van der Waals surface area contributed by atoms with E-state index in [1.807, 2.05) is 0 Å². The fraction of sp³-hybridized carbons (Fsp3) is 0.318. The minimum Gasteiger partial charge on any atom is -0.325 e. The summed E-state index contributed by atoms with van der Waals surface area (Å²) >= 11 is 8.55. The van der Waals surface area contributed by atoms with Gasteiger partial charge in [0.25, 0.3) is 5.56 Å². The van der Waals surface area contributed by atoms with Crippen LogP contribution in [0.3, 0.4) is 0 Å². The molecule has 162 valence electrons. The molecular weight excluding hydrogens is 457 g/mol. The zero-order chi connectivity index (χ0) is 22.0. The van der Waals surface area contributed by atoms with E-state index in [0.29, 0.717) is 17.4 Å². The summed E-state index contributed by atoms with van der Waals surface area (Å²) in [4.78, 5) is 32.4. The molecule has 1 N–H and O–H groups in total. The van der Waals surface area contributed by atoms with Gasteiger partial charge < -0.3 is 5.32 Å². The van der Waals surface area contributed by atoms with Crippen LogP contribution < -0.4 is 10.9 Å². The SMILES string of the molecule is C=CCn1c(SCC(=O)Nc2ccc(F)c(Cl)c2)nc2sc3c(c2c1=O)CCCCC3. The van der Waals surface area contributed by atoms with Gasteiger partial charge in [-0.25, -0.2) is 9.37 Å². The van der Waals surface area contributed by atoms with Gasteiger partial charge in [-0.1, -0.05) is 35.9 Å². The topological polar surface area (TPSA) is 64.0 Å². The van der Waals surface area contributed by atoms with E-state index in [-0.39, 0.29) is 22.2 Å². The van der Waals surface area contributed by atoms with Crippen molar-refractivity contribution in [3.63, 3.8) is 0 Å². The van der Waals surface area contributed by atoms with Gasteiger partial charge in [-0.2, -0.15) is 0 Å². The molecule has 0 radical (unpaired) electrons. The number of nitrogens with zero attached hydrogens (tertiary/aromatic N) is 2. The van der Waals surface area contributed by atoms with Crippen LogP contribution in [0.2, 0.25) is 5.02 Å². The van der Waals surface area contributed by atoms with Crippen molar-refractivity contribution in [2.45, 2.75) is 43.8 Å². The second-order valence-corrected chi connectivity index (χ2v) is 9.74. The first-order valence-corrected chi connectivity index (χ1v) is 12.2. The number of thioether (sulfide) groups is 1. The Morgan fingerprint density at radius 2 is 2.16 bits per heavy atom. The van der Waals surface area contributed by atoms with Crippen LogP contribution in [0, 0.1) is 5.82 Å². The van der Waals surface area contributed by atoms with Gasteiger partial charge in [-0.3, -0.25) is 14.2 Å². The molecule has 0 spiro atoms. The van der Waals surface area contributed by atoms with Crippen molar-refractivity contribution in [3.05, 3.63) is 62.5 Å². The van der Waals surface area contributed by atoms with Gasteiger partial charge in [0.05, 0.1) is 16.2 Å². The third-order valence-corrected chi connectivity index (χ3v) is 7.59. The highest BCUT2D eigenvalue weighted by atomic mass is 35.5. The number of rotatable bonds is 6.